The van der Waals surface area contributed by atoms with E-state index in [1.807, 2.05) is 13.1 Å². The number of carbonyl (C=O) groups excluding carboxylic acids is 1. The van der Waals surface area contributed by atoms with E-state index in [4.69, 9.17) is 4.74 Å². The summed E-state index contributed by atoms with van der Waals surface area (Å²) in [7, 11) is 1.82. The van der Waals surface area contributed by atoms with Gasteiger partial charge in [-0.25, -0.2) is 0 Å². The summed E-state index contributed by atoms with van der Waals surface area (Å²) in [6, 6.07) is 1.89. The maximum Gasteiger partial charge on any atom is 0.269 e. The molecular formula is C15H26N4O2. The molecule has 2 rings (SSSR count). The van der Waals surface area contributed by atoms with Crippen LogP contribution in [0.15, 0.2) is 6.07 Å². The summed E-state index contributed by atoms with van der Waals surface area (Å²) in [5, 5.41) is 7.37. The SMILES string of the molecule is CC(C)Cc1cc(C(=O)NCCN2CCOCC2)n(C)n1. The van der Waals surface area contributed by atoms with E-state index >= 15 is 0 Å². The lowest BCUT2D eigenvalue weighted by molar-refractivity contribution is 0.0383. The highest BCUT2D eigenvalue weighted by atomic mass is 16.5. The van der Waals surface area contributed by atoms with E-state index in [1.165, 1.54) is 0 Å². The molecule has 2 heterocycles. The van der Waals surface area contributed by atoms with Crippen LogP contribution in [0, 0.1) is 5.92 Å². The molecule has 6 heteroatoms. The standard InChI is InChI=1S/C15H26N4O2/c1-12(2)10-13-11-14(18(3)17-13)15(20)16-4-5-19-6-8-21-9-7-19/h11-12H,4-10H2,1-3H3,(H,16,20). The molecule has 21 heavy (non-hydrogen) atoms. The van der Waals surface area contributed by atoms with Gasteiger partial charge >= 0.3 is 0 Å². The number of aromatic nitrogens is 2. The van der Waals surface area contributed by atoms with E-state index < -0.39 is 0 Å². The van der Waals surface area contributed by atoms with E-state index in [1.54, 1.807) is 4.68 Å². The van der Waals surface area contributed by atoms with Crippen LogP contribution >= 0.6 is 0 Å². The highest BCUT2D eigenvalue weighted by molar-refractivity contribution is 5.92. The zero-order valence-electron chi connectivity index (χ0n) is 13.3. The largest absolute Gasteiger partial charge is 0.379 e. The zero-order valence-corrected chi connectivity index (χ0v) is 13.3. The predicted molar refractivity (Wildman–Crippen MR) is 81.3 cm³/mol. The highest BCUT2D eigenvalue weighted by Gasteiger charge is 2.15. The third-order valence-electron chi connectivity index (χ3n) is 3.60. The van der Waals surface area contributed by atoms with Crippen LogP contribution in [0.25, 0.3) is 0 Å². The van der Waals surface area contributed by atoms with Crippen molar-refractivity contribution in [2.24, 2.45) is 13.0 Å². The normalized spacial score (nSPS) is 16.4. The van der Waals surface area contributed by atoms with Crippen molar-refractivity contribution in [2.45, 2.75) is 20.3 Å². The van der Waals surface area contributed by atoms with Gasteiger partial charge in [-0.1, -0.05) is 13.8 Å². The van der Waals surface area contributed by atoms with Gasteiger partial charge in [-0.2, -0.15) is 5.10 Å². The van der Waals surface area contributed by atoms with Crippen molar-refractivity contribution in [1.82, 2.24) is 20.0 Å². The number of carbonyl (C=O) groups is 1. The summed E-state index contributed by atoms with van der Waals surface area (Å²) in [5.41, 5.74) is 1.61. The summed E-state index contributed by atoms with van der Waals surface area (Å²) in [5.74, 6) is 0.491. The van der Waals surface area contributed by atoms with Crippen LogP contribution in [0.1, 0.15) is 30.0 Å². The monoisotopic (exact) mass is 294 g/mol. The van der Waals surface area contributed by atoms with Crippen molar-refractivity contribution >= 4 is 5.91 Å². The average Bonchev–Trinajstić information content (AvgIpc) is 2.80. The van der Waals surface area contributed by atoms with Gasteiger partial charge < -0.3 is 10.1 Å². The molecule has 1 amide bonds. The Bertz CT molecular complexity index is 464. The molecule has 0 aliphatic carbocycles. The van der Waals surface area contributed by atoms with Crippen LogP contribution in [0.2, 0.25) is 0 Å². The molecule has 0 bridgehead atoms. The number of ether oxygens (including phenoxy) is 1. The molecule has 6 nitrogen and oxygen atoms in total. The van der Waals surface area contributed by atoms with Gasteiger partial charge in [0.2, 0.25) is 0 Å². The van der Waals surface area contributed by atoms with Crippen LogP contribution in [0.3, 0.4) is 0 Å². The van der Waals surface area contributed by atoms with Crippen LogP contribution in [-0.4, -0.2) is 60.0 Å². The Hall–Kier alpha value is -1.40. The van der Waals surface area contributed by atoms with Crippen molar-refractivity contribution in [1.29, 1.82) is 0 Å². The topological polar surface area (TPSA) is 59.4 Å². The first-order valence-corrected chi connectivity index (χ1v) is 7.67. The lowest BCUT2D eigenvalue weighted by atomic mass is 10.1. The van der Waals surface area contributed by atoms with Crippen molar-refractivity contribution in [2.75, 3.05) is 39.4 Å². The highest BCUT2D eigenvalue weighted by Crippen LogP contribution is 2.08. The summed E-state index contributed by atoms with van der Waals surface area (Å²) in [4.78, 5) is 14.5. The summed E-state index contributed by atoms with van der Waals surface area (Å²) in [6.07, 6.45) is 0.898. The Morgan fingerprint density at radius 2 is 2.14 bits per heavy atom. The Balaban J connectivity index is 1.81. The van der Waals surface area contributed by atoms with Gasteiger partial charge in [0.05, 0.1) is 18.9 Å². The van der Waals surface area contributed by atoms with Crippen molar-refractivity contribution in [3.05, 3.63) is 17.5 Å². The quantitative estimate of drug-likeness (QED) is 0.838. The third kappa shape index (κ3) is 4.82. The van der Waals surface area contributed by atoms with E-state index in [0.29, 0.717) is 18.2 Å². The van der Waals surface area contributed by atoms with Crippen molar-refractivity contribution < 1.29 is 9.53 Å². The number of hydrogen-bond donors (Lipinski definition) is 1. The minimum Gasteiger partial charge on any atom is -0.379 e. The predicted octanol–water partition coefficient (Wildman–Crippen LogP) is 0.681. The molecule has 1 aliphatic rings. The number of amides is 1. The number of morpholine rings is 1. The van der Waals surface area contributed by atoms with Gasteiger partial charge in [-0.05, 0) is 18.4 Å². The second-order valence-electron chi connectivity index (χ2n) is 5.95. The van der Waals surface area contributed by atoms with Gasteiger partial charge in [0, 0.05) is 33.2 Å². The Morgan fingerprint density at radius 3 is 2.81 bits per heavy atom. The summed E-state index contributed by atoms with van der Waals surface area (Å²) >= 11 is 0. The number of nitrogens with zero attached hydrogens (tertiary/aromatic N) is 3. The smallest absolute Gasteiger partial charge is 0.269 e. The molecule has 1 N–H and O–H groups in total. The minimum absolute atomic E-state index is 0.0479. The fourth-order valence-corrected chi connectivity index (χ4v) is 2.50. The average molecular weight is 294 g/mol. The van der Waals surface area contributed by atoms with Crippen LogP contribution < -0.4 is 5.32 Å². The molecule has 0 spiro atoms. The molecule has 0 saturated carbocycles. The van der Waals surface area contributed by atoms with E-state index in [9.17, 15) is 4.79 Å². The van der Waals surface area contributed by atoms with Crippen LogP contribution in [-0.2, 0) is 18.2 Å². The van der Waals surface area contributed by atoms with E-state index in [-0.39, 0.29) is 5.91 Å². The lowest BCUT2D eigenvalue weighted by Gasteiger charge is -2.26. The molecule has 118 valence electrons. The van der Waals surface area contributed by atoms with Gasteiger partial charge in [-0.3, -0.25) is 14.4 Å². The molecule has 0 atom stereocenters. The third-order valence-corrected chi connectivity index (χ3v) is 3.60. The molecular weight excluding hydrogens is 268 g/mol. The molecule has 0 radical (unpaired) electrons. The molecule has 1 fully saturated rings. The minimum atomic E-state index is -0.0479. The first-order chi connectivity index (χ1) is 10.1. The lowest BCUT2D eigenvalue weighted by Crippen LogP contribution is -2.41. The first kappa shape index (κ1) is 16.0. The van der Waals surface area contributed by atoms with Crippen LogP contribution in [0.4, 0.5) is 0 Å². The molecule has 0 unspecified atom stereocenters. The Kier molecular flexibility index (Phi) is 5.76. The first-order valence-electron chi connectivity index (χ1n) is 7.67. The van der Waals surface area contributed by atoms with E-state index in [0.717, 1.165) is 45.0 Å². The second kappa shape index (κ2) is 7.56. The van der Waals surface area contributed by atoms with Crippen LogP contribution in [0.5, 0.6) is 0 Å². The van der Waals surface area contributed by atoms with Gasteiger partial charge in [0.15, 0.2) is 0 Å². The maximum absolute atomic E-state index is 12.2. The van der Waals surface area contributed by atoms with Crippen molar-refractivity contribution in [3.63, 3.8) is 0 Å². The number of nitrogens with one attached hydrogen (secondary N) is 1. The molecule has 1 saturated heterocycles. The summed E-state index contributed by atoms with van der Waals surface area (Å²) < 4.78 is 6.97. The Labute approximate surface area is 126 Å². The second-order valence-corrected chi connectivity index (χ2v) is 5.95. The zero-order chi connectivity index (χ0) is 15.2. The fourth-order valence-electron chi connectivity index (χ4n) is 2.50. The maximum atomic E-state index is 12.2. The van der Waals surface area contributed by atoms with Gasteiger partial charge in [0.25, 0.3) is 5.91 Å². The summed E-state index contributed by atoms with van der Waals surface area (Å²) in [6.45, 7) is 9.28. The molecule has 1 aliphatic heterocycles. The van der Waals surface area contributed by atoms with Crippen molar-refractivity contribution in [3.8, 4) is 0 Å². The number of aryl methyl sites for hydroxylation is 1. The van der Waals surface area contributed by atoms with Gasteiger partial charge in [-0.15, -0.1) is 0 Å². The van der Waals surface area contributed by atoms with Gasteiger partial charge in [0.1, 0.15) is 5.69 Å². The molecule has 1 aromatic rings. The Morgan fingerprint density at radius 1 is 1.43 bits per heavy atom. The molecule has 0 aromatic carbocycles. The van der Waals surface area contributed by atoms with E-state index in [2.05, 4.69) is 29.2 Å². The molecule has 1 aromatic heterocycles. The fraction of sp³-hybridized carbons (Fsp3) is 0.733. The number of rotatable bonds is 6. The number of hydrogen-bond acceptors (Lipinski definition) is 4.